The van der Waals surface area contributed by atoms with Gasteiger partial charge < -0.3 is 5.32 Å². The maximum absolute atomic E-state index is 11.7. The molecule has 0 unspecified atom stereocenters. The minimum Gasteiger partial charge on any atom is -0.332 e. The summed E-state index contributed by atoms with van der Waals surface area (Å²) >= 11 is 1.50. The van der Waals surface area contributed by atoms with Crippen LogP contribution in [-0.4, -0.2) is 20.4 Å². The first-order chi connectivity index (χ1) is 11.1. The van der Waals surface area contributed by atoms with Crippen molar-refractivity contribution >= 4 is 32.2 Å². The summed E-state index contributed by atoms with van der Waals surface area (Å²) < 4.78 is 25.7. The number of aromatic nitrogens is 1. The Balaban J connectivity index is 1.77. The Hall–Kier alpha value is -2.22. The fourth-order valence-corrected chi connectivity index (χ4v) is 3.50. The molecule has 1 heterocycles. The highest BCUT2D eigenvalue weighted by Crippen LogP contribution is 2.27. The van der Waals surface area contributed by atoms with Gasteiger partial charge in [0.25, 0.3) is 0 Å². The van der Waals surface area contributed by atoms with Crippen molar-refractivity contribution in [3.8, 4) is 11.3 Å². The standard InChI is InChI=1S/C16H15N3O2S2/c1-17-23(20,21)14-9-7-13(8-10-14)18-16-19-15(11-22-16)12-5-3-2-4-6-12/h2-11,17H,1H3,(H,18,19). The Morgan fingerprint density at radius 2 is 1.70 bits per heavy atom. The van der Waals surface area contributed by atoms with Gasteiger partial charge in [-0.15, -0.1) is 11.3 Å². The summed E-state index contributed by atoms with van der Waals surface area (Å²) in [6.45, 7) is 0. The second-order valence-electron chi connectivity index (χ2n) is 4.76. The molecule has 0 aliphatic rings. The molecule has 5 nitrogen and oxygen atoms in total. The second-order valence-corrected chi connectivity index (χ2v) is 7.51. The molecule has 0 radical (unpaired) electrons. The number of hydrogen-bond acceptors (Lipinski definition) is 5. The van der Waals surface area contributed by atoms with Crippen molar-refractivity contribution in [2.45, 2.75) is 4.90 Å². The number of nitrogens with zero attached hydrogens (tertiary/aromatic N) is 1. The zero-order chi connectivity index (χ0) is 16.3. The molecule has 0 saturated carbocycles. The first-order valence-corrected chi connectivity index (χ1v) is 9.26. The first kappa shape index (κ1) is 15.7. The average Bonchev–Trinajstić information content (AvgIpc) is 3.05. The van der Waals surface area contributed by atoms with Gasteiger partial charge in [0.2, 0.25) is 10.0 Å². The average molecular weight is 345 g/mol. The summed E-state index contributed by atoms with van der Waals surface area (Å²) in [5.41, 5.74) is 2.76. The minimum absolute atomic E-state index is 0.231. The number of hydrogen-bond donors (Lipinski definition) is 2. The fraction of sp³-hybridized carbons (Fsp3) is 0.0625. The largest absolute Gasteiger partial charge is 0.332 e. The Labute approximate surface area is 139 Å². The highest BCUT2D eigenvalue weighted by atomic mass is 32.2. The van der Waals surface area contributed by atoms with Crippen molar-refractivity contribution in [1.29, 1.82) is 0 Å². The Morgan fingerprint density at radius 1 is 1.00 bits per heavy atom. The number of anilines is 2. The van der Waals surface area contributed by atoms with Crippen molar-refractivity contribution in [3.05, 3.63) is 60.0 Å². The van der Waals surface area contributed by atoms with Crippen LogP contribution in [0.1, 0.15) is 0 Å². The van der Waals surface area contributed by atoms with E-state index in [0.29, 0.717) is 0 Å². The van der Waals surface area contributed by atoms with E-state index in [0.717, 1.165) is 22.1 Å². The molecule has 7 heteroatoms. The van der Waals surface area contributed by atoms with E-state index in [1.165, 1.54) is 18.4 Å². The van der Waals surface area contributed by atoms with Gasteiger partial charge in [0.05, 0.1) is 10.6 Å². The molecule has 2 N–H and O–H groups in total. The lowest BCUT2D eigenvalue weighted by atomic mass is 10.2. The molecular weight excluding hydrogens is 330 g/mol. The molecular formula is C16H15N3O2S2. The maximum atomic E-state index is 11.7. The SMILES string of the molecule is CNS(=O)(=O)c1ccc(Nc2nc(-c3ccccc3)cs2)cc1. The summed E-state index contributed by atoms with van der Waals surface area (Å²) in [6, 6.07) is 16.5. The third-order valence-corrected chi connectivity index (χ3v) is 5.45. The van der Waals surface area contributed by atoms with Gasteiger partial charge in [0, 0.05) is 16.6 Å². The molecule has 0 atom stereocenters. The van der Waals surface area contributed by atoms with E-state index in [1.54, 1.807) is 24.3 Å². The van der Waals surface area contributed by atoms with Crippen molar-refractivity contribution in [2.75, 3.05) is 12.4 Å². The predicted octanol–water partition coefficient (Wildman–Crippen LogP) is 3.46. The van der Waals surface area contributed by atoms with Crippen molar-refractivity contribution in [1.82, 2.24) is 9.71 Å². The van der Waals surface area contributed by atoms with Crippen LogP contribution < -0.4 is 10.0 Å². The summed E-state index contributed by atoms with van der Waals surface area (Å²) in [5, 5.41) is 5.92. The van der Waals surface area contributed by atoms with Gasteiger partial charge in [-0.3, -0.25) is 0 Å². The topological polar surface area (TPSA) is 71.1 Å². The molecule has 0 fully saturated rings. The lowest BCUT2D eigenvalue weighted by Crippen LogP contribution is -2.18. The third kappa shape index (κ3) is 3.58. The van der Waals surface area contributed by atoms with Gasteiger partial charge in [-0.2, -0.15) is 0 Å². The van der Waals surface area contributed by atoms with E-state index < -0.39 is 10.0 Å². The van der Waals surface area contributed by atoms with E-state index in [1.807, 2.05) is 35.7 Å². The van der Waals surface area contributed by atoms with Crippen LogP contribution in [0.3, 0.4) is 0 Å². The first-order valence-electron chi connectivity index (χ1n) is 6.90. The van der Waals surface area contributed by atoms with E-state index >= 15 is 0 Å². The number of thiazole rings is 1. The molecule has 1 aromatic heterocycles. The summed E-state index contributed by atoms with van der Waals surface area (Å²) in [4.78, 5) is 4.77. The molecule has 2 aromatic carbocycles. The third-order valence-electron chi connectivity index (χ3n) is 3.26. The van der Waals surface area contributed by atoms with Gasteiger partial charge in [-0.25, -0.2) is 18.1 Å². The molecule has 118 valence electrons. The lowest BCUT2D eigenvalue weighted by molar-refractivity contribution is 0.588. The van der Waals surface area contributed by atoms with Crippen LogP contribution in [0.5, 0.6) is 0 Å². The number of benzene rings is 2. The molecule has 3 rings (SSSR count). The van der Waals surface area contributed by atoms with Crippen LogP contribution in [-0.2, 0) is 10.0 Å². The monoisotopic (exact) mass is 345 g/mol. The molecule has 3 aromatic rings. The van der Waals surface area contributed by atoms with E-state index in [9.17, 15) is 8.42 Å². The minimum atomic E-state index is -3.41. The van der Waals surface area contributed by atoms with Crippen molar-refractivity contribution in [3.63, 3.8) is 0 Å². The molecule has 0 aliphatic heterocycles. The van der Waals surface area contributed by atoms with Gasteiger partial charge in [-0.1, -0.05) is 30.3 Å². The van der Waals surface area contributed by atoms with Crippen LogP contribution in [0.2, 0.25) is 0 Å². The second kappa shape index (κ2) is 6.49. The number of nitrogens with one attached hydrogen (secondary N) is 2. The predicted molar refractivity (Wildman–Crippen MR) is 93.5 cm³/mol. The van der Waals surface area contributed by atoms with Crippen LogP contribution in [0.4, 0.5) is 10.8 Å². The number of rotatable bonds is 5. The van der Waals surface area contributed by atoms with Crippen LogP contribution >= 0.6 is 11.3 Å². The summed E-state index contributed by atoms with van der Waals surface area (Å²) in [5.74, 6) is 0. The molecule has 0 saturated heterocycles. The molecule has 0 spiro atoms. The fourth-order valence-electron chi connectivity index (χ4n) is 2.03. The zero-order valence-corrected chi connectivity index (χ0v) is 14.0. The van der Waals surface area contributed by atoms with Crippen molar-refractivity contribution in [2.24, 2.45) is 0 Å². The molecule has 0 aliphatic carbocycles. The van der Waals surface area contributed by atoms with E-state index in [-0.39, 0.29) is 4.90 Å². The van der Waals surface area contributed by atoms with Gasteiger partial charge in [0.15, 0.2) is 5.13 Å². The van der Waals surface area contributed by atoms with Crippen LogP contribution in [0.15, 0.2) is 64.9 Å². The Bertz CT molecular complexity index is 889. The normalized spacial score (nSPS) is 11.3. The van der Waals surface area contributed by atoms with Crippen LogP contribution in [0, 0.1) is 0 Å². The Kier molecular flexibility index (Phi) is 4.42. The highest BCUT2D eigenvalue weighted by Gasteiger charge is 2.11. The maximum Gasteiger partial charge on any atom is 0.240 e. The number of sulfonamides is 1. The van der Waals surface area contributed by atoms with E-state index in [4.69, 9.17) is 0 Å². The van der Waals surface area contributed by atoms with E-state index in [2.05, 4.69) is 15.0 Å². The summed E-state index contributed by atoms with van der Waals surface area (Å²) in [6.07, 6.45) is 0. The van der Waals surface area contributed by atoms with Crippen molar-refractivity contribution < 1.29 is 8.42 Å². The zero-order valence-electron chi connectivity index (χ0n) is 12.4. The van der Waals surface area contributed by atoms with Crippen LogP contribution in [0.25, 0.3) is 11.3 Å². The Morgan fingerprint density at radius 3 is 2.35 bits per heavy atom. The van der Waals surface area contributed by atoms with Gasteiger partial charge in [0.1, 0.15) is 0 Å². The summed E-state index contributed by atoms with van der Waals surface area (Å²) in [7, 11) is -2.02. The lowest BCUT2D eigenvalue weighted by Gasteiger charge is -2.05. The molecule has 23 heavy (non-hydrogen) atoms. The van der Waals surface area contributed by atoms with Gasteiger partial charge >= 0.3 is 0 Å². The quantitative estimate of drug-likeness (QED) is 0.743. The smallest absolute Gasteiger partial charge is 0.240 e. The molecule has 0 amide bonds. The molecule has 0 bridgehead atoms. The highest BCUT2D eigenvalue weighted by molar-refractivity contribution is 7.89. The van der Waals surface area contributed by atoms with Gasteiger partial charge in [-0.05, 0) is 31.3 Å².